The van der Waals surface area contributed by atoms with Gasteiger partial charge in [-0.15, -0.1) is 0 Å². The van der Waals surface area contributed by atoms with Crippen LogP contribution in [0, 0.1) is 0 Å². The fourth-order valence-electron chi connectivity index (χ4n) is 2.87. The van der Waals surface area contributed by atoms with Crippen molar-refractivity contribution in [3.63, 3.8) is 0 Å². The number of nitrogens with zero attached hydrogens (tertiary/aromatic N) is 1. The molecule has 1 aromatic rings. The van der Waals surface area contributed by atoms with Crippen molar-refractivity contribution >= 4 is 11.6 Å². The Morgan fingerprint density at radius 2 is 1.95 bits per heavy atom. The number of piperidine rings is 1. The van der Waals surface area contributed by atoms with Crippen LogP contribution in [-0.4, -0.2) is 29.2 Å². The maximum Gasteiger partial charge on any atom is 0.176 e. The van der Waals surface area contributed by atoms with Gasteiger partial charge in [0, 0.05) is 18.6 Å². The molecule has 0 radical (unpaired) electrons. The van der Waals surface area contributed by atoms with E-state index in [4.69, 9.17) is 16.3 Å². The standard InChI is InChI=1S/C15H22ClNO2/c1-10-5-4-6-11(2)17(10)9-12-7-13(16)15(18)14(8-12)19-3/h7-8,10-11,18H,4-6,9H2,1-3H3/t10-,11+. The van der Waals surface area contributed by atoms with Crippen molar-refractivity contribution in [1.82, 2.24) is 4.90 Å². The van der Waals surface area contributed by atoms with Gasteiger partial charge in [-0.25, -0.2) is 0 Å². The van der Waals surface area contributed by atoms with E-state index in [2.05, 4.69) is 18.7 Å². The summed E-state index contributed by atoms with van der Waals surface area (Å²) in [6, 6.07) is 4.87. The molecule has 1 aliphatic heterocycles. The third-order valence-electron chi connectivity index (χ3n) is 4.05. The second-order valence-electron chi connectivity index (χ2n) is 5.43. The Hall–Kier alpha value is -0.930. The number of likely N-dealkylation sites (tertiary alicyclic amines) is 1. The SMILES string of the molecule is COc1cc(CN2[C@H](C)CCC[C@@H]2C)cc(Cl)c1O. The van der Waals surface area contributed by atoms with Crippen molar-refractivity contribution in [2.24, 2.45) is 0 Å². The average Bonchev–Trinajstić information content (AvgIpc) is 2.38. The predicted octanol–water partition coefficient (Wildman–Crippen LogP) is 3.82. The van der Waals surface area contributed by atoms with Crippen LogP contribution in [0.4, 0.5) is 0 Å². The lowest BCUT2D eigenvalue weighted by Gasteiger charge is -2.39. The smallest absolute Gasteiger partial charge is 0.176 e. The van der Waals surface area contributed by atoms with Crippen molar-refractivity contribution in [1.29, 1.82) is 0 Å². The van der Waals surface area contributed by atoms with Crippen LogP contribution >= 0.6 is 11.6 Å². The first kappa shape index (κ1) is 14.5. The van der Waals surface area contributed by atoms with Gasteiger partial charge < -0.3 is 9.84 Å². The second-order valence-corrected chi connectivity index (χ2v) is 5.84. The van der Waals surface area contributed by atoms with Crippen LogP contribution in [0.25, 0.3) is 0 Å². The molecule has 4 heteroatoms. The predicted molar refractivity (Wildman–Crippen MR) is 78.0 cm³/mol. The average molecular weight is 284 g/mol. The number of ether oxygens (including phenoxy) is 1. The third-order valence-corrected chi connectivity index (χ3v) is 4.34. The summed E-state index contributed by atoms with van der Waals surface area (Å²) in [5, 5.41) is 10.1. The van der Waals surface area contributed by atoms with Gasteiger partial charge in [-0.1, -0.05) is 18.0 Å². The third kappa shape index (κ3) is 3.15. The van der Waals surface area contributed by atoms with Crippen LogP contribution < -0.4 is 4.74 Å². The van der Waals surface area contributed by atoms with Crippen LogP contribution in [0.2, 0.25) is 5.02 Å². The van der Waals surface area contributed by atoms with Crippen LogP contribution in [0.3, 0.4) is 0 Å². The lowest BCUT2D eigenvalue weighted by Crippen LogP contribution is -2.42. The number of aromatic hydroxyl groups is 1. The summed E-state index contributed by atoms with van der Waals surface area (Å²) in [6.45, 7) is 5.39. The van der Waals surface area contributed by atoms with E-state index in [1.165, 1.54) is 19.3 Å². The van der Waals surface area contributed by atoms with Crippen LogP contribution in [0.5, 0.6) is 11.5 Å². The minimum absolute atomic E-state index is 0.0210. The molecule has 1 fully saturated rings. The fraction of sp³-hybridized carbons (Fsp3) is 0.600. The molecule has 3 nitrogen and oxygen atoms in total. The van der Waals surface area contributed by atoms with E-state index in [9.17, 15) is 5.11 Å². The zero-order valence-corrected chi connectivity index (χ0v) is 12.6. The zero-order valence-electron chi connectivity index (χ0n) is 11.8. The van der Waals surface area contributed by atoms with Gasteiger partial charge >= 0.3 is 0 Å². The van der Waals surface area contributed by atoms with Crippen molar-refractivity contribution in [2.75, 3.05) is 7.11 Å². The molecule has 19 heavy (non-hydrogen) atoms. The summed E-state index contributed by atoms with van der Waals surface area (Å²) in [5.41, 5.74) is 1.08. The van der Waals surface area contributed by atoms with Crippen LogP contribution in [0.1, 0.15) is 38.7 Å². The van der Waals surface area contributed by atoms with Gasteiger partial charge in [0.25, 0.3) is 0 Å². The molecule has 0 spiro atoms. The molecule has 1 aliphatic rings. The van der Waals surface area contributed by atoms with Gasteiger partial charge in [-0.3, -0.25) is 4.90 Å². The summed E-state index contributed by atoms with van der Waals surface area (Å²) in [6.07, 6.45) is 3.79. The van der Waals surface area contributed by atoms with Crippen molar-refractivity contribution in [2.45, 2.75) is 51.7 Å². The topological polar surface area (TPSA) is 32.7 Å². The summed E-state index contributed by atoms with van der Waals surface area (Å²) in [7, 11) is 1.54. The molecule has 1 saturated heterocycles. The molecule has 1 aromatic carbocycles. The first-order chi connectivity index (χ1) is 9.02. The normalized spacial score (nSPS) is 24.4. The first-order valence-corrected chi connectivity index (χ1v) is 7.22. The molecule has 0 amide bonds. The molecular formula is C15H22ClNO2. The summed E-state index contributed by atoms with van der Waals surface area (Å²) >= 11 is 6.04. The van der Waals surface area contributed by atoms with E-state index in [0.29, 0.717) is 22.9 Å². The van der Waals surface area contributed by atoms with Gasteiger partial charge in [0.2, 0.25) is 0 Å². The molecule has 106 valence electrons. The number of phenolic OH excluding ortho intramolecular Hbond substituents is 1. The van der Waals surface area contributed by atoms with E-state index in [1.807, 2.05) is 12.1 Å². The summed E-state index contributed by atoms with van der Waals surface area (Å²) in [5.74, 6) is 0.465. The molecule has 0 aromatic heterocycles. The molecule has 1 N–H and O–H groups in total. The minimum Gasteiger partial charge on any atom is -0.503 e. The molecule has 1 heterocycles. The highest BCUT2D eigenvalue weighted by Gasteiger charge is 2.25. The molecule has 2 rings (SSSR count). The number of hydrogen-bond donors (Lipinski definition) is 1. The number of rotatable bonds is 3. The molecule has 0 aliphatic carbocycles. The Morgan fingerprint density at radius 3 is 2.53 bits per heavy atom. The van der Waals surface area contributed by atoms with Crippen molar-refractivity contribution in [3.05, 3.63) is 22.7 Å². The number of hydrogen-bond acceptors (Lipinski definition) is 3. The minimum atomic E-state index is 0.0210. The number of methoxy groups -OCH3 is 1. The molecule has 2 atom stereocenters. The second kappa shape index (κ2) is 6.02. The van der Waals surface area contributed by atoms with Crippen molar-refractivity contribution in [3.8, 4) is 11.5 Å². The largest absolute Gasteiger partial charge is 0.503 e. The van der Waals surface area contributed by atoms with E-state index in [-0.39, 0.29) is 5.75 Å². The molecule has 0 saturated carbocycles. The molecule has 0 bridgehead atoms. The van der Waals surface area contributed by atoms with Crippen LogP contribution in [0.15, 0.2) is 12.1 Å². The lowest BCUT2D eigenvalue weighted by atomic mass is 9.96. The quantitative estimate of drug-likeness (QED) is 0.915. The Bertz CT molecular complexity index is 440. The van der Waals surface area contributed by atoms with E-state index >= 15 is 0 Å². The first-order valence-electron chi connectivity index (χ1n) is 6.84. The number of halogens is 1. The zero-order chi connectivity index (χ0) is 14.0. The van der Waals surface area contributed by atoms with Gasteiger partial charge in [-0.05, 0) is 44.4 Å². The van der Waals surface area contributed by atoms with Gasteiger partial charge in [-0.2, -0.15) is 0 Å². The van der Waals surface area contributed by atoms with Crippen LogP contribution in [-0.2, 0) is 6.54 Å². The Morgan fingerprint density at radius 1 is 1.32 bits per heavy atom. The van der Waals surface area contributed by atoms with E-state index in [0.717, 1.165) is 12.1 Å². The monoisotopic (exact) mass is 283 g/mol. The van der Waals surface area contributed by atoms with Gasteiger partial charge in [0.15, 0.2) is 11.5 Å². The Kier molecular flexibility index (Phi) is 4.58. The maximum atomic E-state index is 9.76. The maximum absolute atomic E-state index is 9.76. The fourth-order valence-corrected chi connectivity index (χ4v) is 3.10. The van der Waals surface area contributed by atoms with Gasteiger partial charge in [0.05, 0.1) is 12.1 Å². The Balaban J connectivity index is 2.20. The Labute approximate surface area is 120 Å². The highest BCUT2D eigenvalue weighted by molar-refractivity contribution is 6.32. The van der Waals surface area contributed by atoms with E-state index < -0.39 is 0 Å². The highest BCUT2D eigenvalue weighted by atomic mass is 35.5. The molecule has 0 unspecified atom stereocenters. The molecular weight excluding hydrogens is 262 g/mol. The number of phenols is 1. The highest BCUT2D eigenvalue weighted by Crippen LogP contribution is 2.36. The summed E-state index contributed by atoms with van der Waals surface area (Å²) in [4.78, 5) is 2.49. The summed E-state index contributed by atoms with van der Waals surface area (Å²) < 4.78 is 5.16. The number of benzene rings is 1. The van der Waals surface area contributed by atoms with E-state index in [1.54, 1.807) is 7.11 Å². The van der Waals surface area contributed by atoms with Gasteiger partial charge in [0.1, 0.15) is 0 Å². The van der Waals surface area contributed by atoms with Crippen molar-refractivity contribution < 1.29 is 9.84 Å². The lowest BCUT2D eigenvalue weighted by molar-refractivity contribution is 0.0952.